The summed E-state index contributed by atoms with van der Waals surface area (Å²) >= 11 is 7.59. The van der Waals surface area contributed by atoms with Crippen LogP contribution in [0.25, 0.3) is 180 Å². The lowest BCUT2D eigenvalue weighted by molar-refractivity contribution is 1.19. The lowest BCUT2D eigenvalue weighted by atomic mass is 9.93. The van der Waals surface area contributed by atoms with Gasteiger partial charge in [-0.25, -0.2) is 0 Å². The predicted octanol–water partition coefficient (Wildman–Crippen LogP) is 25.7. The van der Waals surface area contributed by atoms with Crippen LogP contribution in [0.2, 0.25) is 0 Å². The lowest BCUT2D eigenvalue weighted by Gasteiger charge is -2.11. The summed E-state index contributed by atoms with van der Waals surface area (Å²) in [6, 6.07) is 111. The summed E-state index contributed by atoms with van der Waals surface area (Å²) < 4.78 is 15.5. The van der Waals surface area contributed by atoms with Crippen molar-refractivity contribution < 1.29 is 0 Å². The average molecular weight is 1220 g/mol. The third-order valence-electron chi connectivity index (χ3n) is 18.4. The number of rotatable bonds is 6. The number of nitrogens with zero attached hydrogens (tertiary/aromatic N) is 2. The van der Waals surface area contributed by atoms with Crippen LogP contribution in [0, 0.1) is 0 Å². The van der Waals surface area contributed by atoms with Crippen molar-refractivity contribution in [2.75, 3.05) is 0 Å². The van der Waals surface area contributed by atoms with E-state index < -0.39 is 0 Å². The van der Waals surface area contributed by atoms with Crippen LogP contribution in [0.5, 0.6) is 0 Å². The second-order valence-electron chi connectivity index (χ2n) is 23.4. The Balaban J connectivity index is 0.000000130. The second kappa shape index (κ2) is 20.6. The van der Waals surface area contributed by atoms with E-state index in [9.17, 15) is 0 Å². The topological polar surface area (TPSA) is 9.86 Å². The van der Waals surface area contributed by atoms with Crippen molar-refractivity contribution in [1.29, 1.82) is 0 Å². The first-order valence-electron chi connectivity index (χ1n) is 30.5. The summed E-state index contributed by atoms with van der Waals surface area (Å²) in [5.74, 6) is 0. The van der Waals surface area contributed by atoms with E-state index in [1.807, 2.05) is 45.3 Å². The van der Waals surface area contributed by atoms with E-state index in [4.69, 9.17) is 0 Å². The zero-order valence-electron chi connectivity index (χ0n) is 48.4. The lowest BCUT2D eigenvalue weighted by Crippen LogP contribution is -1.92. The molecular formula is C84H50N2S4. The summed E-state index contributed by atoms with van der Waals surface area (Å²) in [7, 11) is 0. The van der Waals surface area contributed by atoms with Gasteiger partial charge in [-0.1, -0.05) is 224 Å². The molecule has 0 saturated heterocycles. The highest BCUT2D eigenvalue weighted by atomic mass is 32.1. The SMILES string of the molecule is c1ccc(-n2c3ccccc3c3sc4cc(-c5ccccc5-c5ccc6c(c5)sc5cc7ccccc7cc56)ccc4c32)cc1.c1ccc(-n2c3ccccc3c3sc4cc(-c5ccccc5-c5ccc6c(c5)sc5ccc7ccccc7c56)ccc4c32)cc1. The third kappa shape index (κ3) is 8.12. The van der Waals surface area contributed by atoms with Crippen molar-refractivity contribution in [1.82, 2.24) is 9.13 Å². The van der Waals surface area contributed by atoms with Crippen LogP contribution in [-0.2, 0) is 0 Å². The monoisotopic (exact) mass is 1210 g/mol. The number of para-hydroxylation sites is 4. The summed E-state index contributed by atoms with van der Waals surface area (Å²) in [4.78, 5) is 0. The van der Waals surface area contributed by atoms with Gasteiger partial charge in [0.2, 0.25) is 0 Å². The molecule has 0 radical (unpaired) electrons. The fourth-order valence-electron chi connectivity index (χ4n) is 14.3. The fraction of sp³-hybridized carbons (Fsp3) is 0. The molecule has 0 saturated carbocycles. The van der Waals surface area contributed by atoms with Crippen molar-refractivity contribution in [2.24, 2.45) is 0 Å². The number of benzene rings is 14. The molecule has 0 spiro atoms. The molecule has 20 aromatic rings. The minimum atomic E-state index is 1.20. The van der Waals surface area contributed by atoms with E-state index >= 15 is 0 Å². The quantitative estimate of drug-likeness (QED) is 0.157. The standard InChI is InChI=1S/2C42H25NS2/c1-2-12-30(13-3-1)43-37-17-9-8-16-34(37)42-41(43)35-21-19-29(25-39(35)45-42)32-15-7-6-14-31(32)28-18-20-33-36-22-26-10-4-5-11-27(26)23-40(36)44-38(33)24-28;1-2-11-29(12-3-1)43-36-17-9-8-16-33(36)42-41(43)35-22-19-28(25-39(35)45-42)31-14-7-6-13-30(31)27-18-21-34-38(24-27)44-37-23-20-26-10-4-5-15-32(26)40(34)37/h2*1-25H. The van der Waals surface area contributed by atoms with E-state index in [1.54, 1.807) is 0 Å². The molecule has 0 unspecified atom stereocenters. The molecular weight excluding hydrogens is 1170 g/mol. The maximum absolute atomic E-state index is 2.43. The summed E-state index contributed by atoms with van der Waals surface area (Å²) in [5.41, 5.74) is 17.6. The Bertz CT molecular complexity index is 6280. The van der Waals surface area contributed by atoms with E-state index in [0.29, 0.717) is 0 Å². The molecule has 6 heteroatoms. The van der Waals surface area contributed by atoms with Gasteiger partial charge in [0.1, 0.15) is 0 Å². The van der Waals surface area contributed by atoms with Gasteiger partial charge in [-0.05, 0) is 145 Å². The van der Waals surface area contributed by atoms with E-state index in [-0.39, 0.29) is 0 Å². The van der Waals surface area contributed by atoms with Crippen molar-refractivity contribution >= 4 is 170 Å². The number of hydrogen-bond acceptors (Lipinski definition) is 4. The van der Waals surface area contributed by atoms with E-state index in [1.165, 1.54) is 180 Å². The second-order valence-corrected chi connectivity index (χ2v) is 27.7. The molecule has 0 atom stereocenters. The predicted molar refractivity (Wildman–Crippen MR) is 395 cm³/mol. The summed E-state index contributed by atoms with van der Waals surface area (Å²) in [5, 5.41) is 15.8. The molecule has 6 aromatic heterocycles. The maximum atomic E-state index is 2.43. The minimum absolute atomic E-state index is 1.20. The van der Waals surface area contributed by atoms with Crippen molar-refractivity contribution in [3.63, 3.8) is 0 Å². The van der Waals surface area contributed by atoms with Crippen molar-refractivity contribution in [3.05, 3.63) is 303 Å². The maximum Gasteiger partial charge on any atom is 0.0727 e. The first kappa shape index (κ1) is 51.6. The van der Waals surface area contributed by atoms with Gasteiger partial charge in [0.05, 0.1) is 31.5 Å². The normalized spacial score (nSPS) is 12.0. The van der Waals surface area contributed by atoms with Crippen LogP contribution >= 0.6 is 45.3 Å². The Morgan fingerprint density at radius 2 is 0.589 bits per heavy atom. The van der Waals surface area contributed by atoms with Gasteiger partial charge in [0, 0.05) is 82.7 Å². The molecule has 420 valence electrons. The molecule has 0 bridgehead atoms. The van der Waals surface area contributed by atoms with Crippen LogP contribution < -0.4 is 0 Å². The van der Waals surface area contributed by atoms with Gasteiger partial charge in [0.25, 0.3) is 0 Å². The van der Waals surface area contributed by atoms with Crippen LogP contribution in [0.4, 0.5) is 0 Å². The number of fused-ring (bicyclic) bond motifs is 19. The van der Waals surface area contributed by atoms with Crippen LogP contribution in [0.1, 0.15) is 0 Å². The van der Waals surface area contributed by atoms with E-state index in [2.05, 4.69) is 312 Å². The fourth-order valence-corrected chi connectivity index (χ4v) is 19.1. The highest BCUT2D eigenvalue weighted by Crippen LogP contribution is 2.48. The Hall–Kier alpha value is -10.4. The molecule has 0 aliphatic rings. The minimum Gasteiger partial charge on any atom is -0.308 e. The zero-order valence-corrected chi connectivity index (χ0v) is 51.7. The number of thiophene rings is 4. The Labute approximate surface area is 533 Å². The Morgan fingerprint density at radius 3 is 1.11 bits per heavy atom. The third-order valence-corrected chi connectivity index (χ3v) is 23.0. The molecule has 0 aliphatic heterocycles. The van der Waals surface area contributed by atoms with Crippen LogP contribution in [0.3, 0.4) is 0 Å². The zero-order chi connectivity index (χ0) is 59.0. The van der Waals surface area contributed by atoms with Crippen molar-refractivity contribution in [3.8, 4) is 55.9 Å². The molecule has 0 aliphatic carbocycles. The molecule has 0 N–H and O–H groups in total. The molecule has 20 rings (SSSR count). The molecule has 14 aromatic carbocycles. The van der Waals surface area contributed by atoms with Gasteiger partial charge in [0.15, 0.2) is 0 Å². The Morgan fingerprint density at radius 1 is 0.211 bits per heavy atom. The Kier molecular flexibility index (Phi) is 11.8. The van der Waals surface area contributed by atoms with Crippen LogP contribution in [-0.4, -0.2) is 9.13 Å². The highest BCUT2D eigenvalue weighted by Gasteiger charge is 2.22. The van der Waals surface area contributed by atoms with Gasteiger partial charge in [-0.3, -0.25) is 0 Å². The van der Waals surface area contributed by atoms with Gasteiger partial charge < -0.3 is 9.13 Å². The number of hydrogen-bond donors (Lipinski definition) is 0. The first-order chi connectivity index (χ1) is 44.6. The first-order valence-corrected chi connectivity index (χ1v) is 33.8. The van der Waals surface area contributed by atoms with Gasteiger partial charge >= 0.3 is 0 Å². The largest absolute Gasteiger partial charge is 0.308 e. The molecule has 6 heterocycles. The summed E-state index contributed by atoms with van der Waals surface area (Å²) in [6.45, 7) is 0. The summed E-state index contributed by atoms with van der Waals surface area (Å²) in [6.07, 6.45) is 0. The smallest absolute Gasteiger partial charge is 0.0727 e. The molecule has 0 amide bonds. The molecule has 0 fully saturated rings. The molecule has 90 heavy (non-hydrogen) atoms. The van der Waals surface area contributed by atoms with Crippen molar-refractivity contribution in [2.45, 2.75) is 0 Å². The van der Waals surface area contributed by atoms with Crippen LogP contribution in [0.15, 0.2) is 303 Å². The van der Waals surface area contributed by atoms with Gasteiger partial charge in [-0.2, -0.15) is 0 Å². The highest BCUT2D eigenvalue weighted by molar-refractivity contribution is 7.27. The average Bonchev–Trinajstić information content (AvgIpc) is 1.90. The number of aromatic nitrogens is 2. The van der Waals surface area contributed by atoms with Gasteiger partial charge in [-0.15, -0.1) is 45.3 Å². The van der Waals surface area contributed by atoms with E-state index in [0.717, 1.165) is 0 Å². The molecule has 2 nitrogen and oxygen atoms in total.